The largest absolute Gasteiger partial charge is 0.508 e. The van der Waals surface area contributed by atoms with E-state index in [0.29, 0.717) is 28.3 Å². The van der Waals surface area contributed by atoms with Crippen molar-refractivity contribution in [1.29, 1.82) is 0 Å². The number of allylic oxidation sites excluding steroid dienone is 2. The Kier molecular flexibility index (Phi) is 8.49. The monoisotopic (exact) mass is 744 g/mol. The molecular formula is C46H40N4O6. The molecule has 0 spiro atoms. The van der Waals surface area contributed by atoms with Gasteiger partial charge < -0.3 is 15.2 Å². The minimum Gasteiger partial charge on any atom is -0.508 e. The van der Waals surface area contributed by atoms with Gasteiger partial charge in [0.1, 0.15) is 11.5 Å². The van der Waals surface area contributed by atoms with E-state index in [1.54, 1.807) is 30.3 Å². The fourth-order valence-corrected chi connectivity index (χ4v) is 9.70. The molecule has 2 aliphatic heterocycles. The molecule has 0 radical (unpaired) electrons. The first kappa shape index (κ1) is 35.0. The van der Waals surface area contributed by atoms with Crippen molar-refractivity contribution in [2.24, 2.45) is 23.7 Å². The Balaban J connectivity index is 1.17. The van der Waals surface area contributed by atoms with Crippen LogP contribution < -0.4 is 20.4 Å². The van der Waals surface area contributed by atoms with Gasteiger partial charge in [-0.1, -0.05) is 83.9 Å². The maximum Gasteiger partial charge on any atom is 0.260 e. The number of rotatable bonds is 8. The quantitative estimate of drug-likeness (QED) is 0.109. The summed E-state index contributed by atoms with van der Waals surface area (Å²) in [6, 6.07) is 38.5. The first-order valence-electron chi connectivity index (χ1n) is 18.8. The summed E-state index contributed by atoms with van der Waals surface area (Å²) in [6.07, 6.45) is 2.36. The lowest BCUT2D eigenvalue weighted by Crippen LogP contribution is -2.53. The van der Waals surface area contributed by atoms with Crippen molar-refractivity contribution < 1.29 is 29.0 Å². The predicted molar refractivity (Wildman–Crippen MR) is 212 cm³/mol. The average Bonchev–Trinajstić information content (AvgIpc) is 3.60. The first-order chi connectivity index (χ1) is 27.2. The van der Waals surface area contributed by atoms with Crippen molar-refractivity contribution in [3.05, 3.63) is 156 Å². The number of nitrogens with zero attached hydrogens (tertiary/aromatic N) is 2. The Hall–Kier alpha value is -6.68. The Labute approximate surface area is 324 Å². The molecule has 6 atom stereocenters. The lowest BCUT2D eigenvalue weighted by molar-refractivity contribution is -0.138. The van der Waals surface area contributed by atoms with Crippen molar-refractivity contribution in [2.45, 2.75) is 31.1 Å². The molecule has 2 saturated heterocycles. The van der Waals surface area contributed by atoms with Crippen LogP contribution in [0.1, 0.15) is 35.4 Å². The summed E-state index contributed by atoms with van der Waals surface area (Å²) in [7, 11) is 1.50. The average molecular weight is 745 g/mol. The van der Waals surface area contributed by atoms with Gasteiger partial charge in [0, 0.05) is 22.9 Å². The number of phenols is 1. The zero-order chi connectivity index (χ0) is 38.7. The number of hydrogen-bond donors (Lipinski definition) is 3. The van der Waals surface area contributed by atoms with Gasteiger partial charge in [-0.15, -0.1) is 0 Å². The van der Waals surface area contributed by atoms with Gasteiger partial charge >= 0.3 is 0 Å². The molecular weight excluding hydrogens is 705 g/mol. The maximum atomic E-state index is 15.4. The van der Waals surface area contributed by atoms with Crippen LogP contribution in [0, 0.1) is 30.6 Å². The topological polar surface area (TPSA) is 128 Å². The number of ether oxygens (including phenoxy) is 1. The van der Waals surface area contributed by atoms with Crippen LogP contribution in [0.15, 0.2) is 139 Å². The van der Waals surface area contributed by atoms with Crippen LogP contribution in [0.3, 0.4) is 0 Å². The van der Waals surface area contributed by atoms with E-state index in [4.69, 9.17) is 4.74 Å². The van der Waals surface area contributed by atoms with Crippen LogP contribution in [0.4, 0.5) is 22.7 Å². The second-order valence-corrected chi connectivity index (χ2v) is 15.0. The lowest BCUT2D eigenvalue weighted by Gasteiger charge is -2.50. The Bertz CT molecular complexity index is 2400. The van der Waals surface area contributed by atoms with E-state index in [1.807, 2.05) is 110 Å². The van der Waals surface area contributed by atoms with Gasteiger partial charge in [0.25, 0.3) is 11.8 Å². The summed E-state index contributed by atoms with van der Waals surface area (Å²) in [5.41, 5.74) is 7.02. The Morgan fingerprint density at radius 1 is 0.714 bits per heavy atom. The smallest absolute Gasteiger partial charge is 0.260 e. The van der Waals surface area contributed by atoms with Crippen LogP contribution in [0.25, 0.3) is 0 Å². The summed E-state index contributed by atoms with van der Waals surface area (Å²) in [6.45, 7) is 1.95. The van der Waals surface area contributed by atoms with Gasteiger partial charge in [0.15, 0.2) is 0 Å². The Morgan fingerprint density at radius 3 is 2.07 bits per heavy atom. The van der Waals surface area contributed by atoms with Gasteiger partial charge in [0.05, 0.1) is 41.7 Å². The molecule has 0 unspecified atom stereocenters. The molecule has 10 nitrogen and oxygen atoms in total. The van der Waals surface area contributed by atoms with E-state index in [2.05, 4.69) is 10.7 Å². The van der Waals surface area contributed by atoms with E-state index in [9.17, 15) is 19.5 Å². The third kappa shape index (κ3) is 5.31. The molecule has 280 valence electrons. The molecule has 4 amide bonds. The van der Waals surface area contributed by atoms with E-state index in [0.717, 1.165) is 27.5 Å². The van der Waals surface area contributed by atoms with E-state index in [1.165, 1.54) is 12.0 Å². The van der Waals surface area contributed by atoms with Gasteiger partial charge in [0.2, 0.25) is 11.8 Å². The molecule has 3 fully saturated rings. The molecule has 56 heavy (non-hydrogen) atoms. The minimum absolute atomic E-state index is 0.100. The molecule has 10 heteroatoms. The van der Waals surface area contributed by atoms with Crippen molar-refractivity contribution in [3.8, 4) is 11.5 Å². The molecule has 0 aromatic heterocycles. The van der Waals surface area contributed by atoms with Crippen LogP contribution in [-0.4, -0.2) is 40.9 Å². The minimum atomic E-state index is -1.54. The predicted octanol–water partition coefficient (Wildman–Crippen LogP) is 7.64. The number of carbonyl (C=O) groups is 4. The summed E-state index contributed by atoms with van der Waals surface area (Å²) in [5, 5.41) is 16.2. The van der Waals surface area contributed by atoms with Gasteiger partial charge in [-0.25, -0.2) is 0 Å². The molecule has 1 saturated carbocycles. The summed E-state index contributed by atoms with van der Waals surface area (Å²) < 4.78 is 5.88. The molecule has 9 rings (SSSR count). The van der Waals surface area contributed by atoms with Crippen molar-refractivity contribution in [1.82, 2.24) is 5.01 Å². The number of phenolic OH excluding ortho intramolecular Hbond substituents is 1. The lowest BCUT2D eigenvalue weighted by atomic mass is 9.49. The SMILES string of the molecule is COc1cccc(O)c1[C@H]1C2=CC[C@@H]3C(=O)N(c4ccc(Nc5ccccc5)cc4)C(=O)[C@@H]3[C@@H]2C[C@H]2C(=O)N(Nc3ccc(C)cc3)C(=O)[C@@]12c1ccccc1. The third-order valence-electron chi connectivity index (χ3n) is 12.1. The number of hydrazine groups is 1. The molecule has 4 aliphatic rings. The number of carbonyl (C=O) groups excluding carboxylic acids is 4. The number of methoxy groups -OCH3 is 1. The fraction of sp³-hybridized carbons (Fsp3) is 0.217. The highest BCUT2D eigenvalue weighted by Crippen LogP contribution is 2.66. The van der Waals surface area contributed by atoms with Crippen molar-refractivity contribution >= 4 is 46.4 Å². The van der Waals surface area contributed by atoms with E-state index < -0.39 is 46.8 Å². The van der Waals surface area contributed by atoms with Gasteiger partial charge in [-0.3, -0.25) is 29.5 Å². The number of hydrogen-bond acceptors (Lipinski definition) is 8. The highest BCUT2D eigenvalue weighted by molar-refractivity contribution is 6.22. The third-order valence-corrected chi connectivity index (χ3v) is 12.1. The number of imide groups is 2. The second-order valence-electron chi connectivity index (χ2n) is 15.0. The van der Waals surface area contributed by atoms with Gasteiger partial charge in [-0.2, -0.15) is 5.01 Å². The number of para-hydroxylation sites is 1. The van der Waals surface area contributed by atoms with E-state index in [-0.39, 0.29) is 30.4 Å². The number of fused-ring (bicyclic) bond motifs is 4. The number of nitrogens with one attached hydrogen (secondary N) is 2. The highest BCUT2D eigenvalue weighted by atomic mass is 16.5. The number of amides is 4. The van der Waals surface area contributed by atoms with Crippen LogP contribution >= 0.6 is 0 Å². The zero-order valence-electron chi connectivity index (χ0n) is 30.9. The molecule has 3 N–H and O–H groups in total. The zero-order valence-corrected chi connectivity index (χ0v) is 30.9. The molecule has 2 heterocycles. The molecule has 2 aliphatic carbocycles. The van der Waals surface area contributed by atoms with Crippen LogP contribution in [0.2, 0.25) is 0 Å². The molecule has 5 aromatic carbocycles. The number of anilines is 4. The first-order valence-corrected chi connectivity index (χ1v) is 18.8. The summed E-state index contributed by atoms with van der Waals surface area (Å²) in [5.74, 6) is -5.27. The normalized spacial score (nSPS) is 25.3. The number of benzene rings is 5. The van der Waals surface area contributed by atoms with Crippen molar-refractivity contribution in [2.75, 3.05) is 22.8 Å². The second kappa shape index (κ2) is 13.6. The highest BCUT2D eigenvalue weighted by Gasteiger charge is 2.71. The van der Waals surface area contributed by atoms with Gasteiger partial charge in [-0.05, 0) is 91.9 Å². The summed E-state index contributed by atoms with van der Waals surface area (Å²) >= 11 is 0. The summed E-state index contributed by atoms with van der Waals surface area (Å²) in [4.78, 5) is 60.6. The van der Waals surface area contributed by atoms with Crippen LogP contribution in [0.5, 0.6) is 11.5 Å². The number of aryl methyl sites for hydroxylation is 1. The molecule has 0 bridgehead atoms. The van der Waals surface area contributed by atoms with Crippen LogP contribution in [-0.2, 0) is 24.6 Å². The van der Waals surface area contributed by atoms with Crippen molar-refractivity contribution in [3.63, 3.8) is 0 Å². The fourth-order valence-electron chi connectivity index (χ4n) is 9.70. The standard InChI is InChI=1S/C46H40N4O6/c1-27-16-18-31(19-17-27)48-50-43(53)36-26-35-33(41(40-37(51)14-9-15-38(40)56-2)46(36,45(50)55)28-10-5-3-6-11-28)24-25-34-39(35)44(54)49(42(34)52)32-22-20-30(21-23-32)47-29-12-7-4-8-13-29/h3-24,34-36,39,41,47-48,51H,25-26H2,1-2H3/t34-,35+,36-,39-,41+,46+/m0/s1. The van der Waals surface area contributed by atoms with E-state index >= 15 is 4.79 Å². The molecule has 5 aromatic rings. The maximum absolute atomic E-state index is 15.4. The Morgan fingerprint density at radius 2 is 1.38 bits per heavy atom. The number of aromatic hydroxyl groups is 1.